The van der Waals surface area contributed by atoms with Gasteiger partial charge in [-0.3, -0.25) is 0 Å². The molecule has 0 saturated heterocycles. The number of halogens is 1. The monoisotopic (exact) mass is 430 g/mol. The van der Waals surface area contributed by atoms with E-state index >= 15 is 0 Å². The standard InChI is InChI=1S/C22H23ClN2O5/c1-21(2)11-16(24-18-15(21)9-13(23)10-17(18)30-20(28)29)12-4-3-5-14(8-12)25-22(6-7-22)19(26)27/h3-5,8-10,16,24-25H,6-7,11H2,1-2H3,(H,26,27)(H,28,29). The Morgan fingerprint density at radius 2 is 1.93 bits per heavy atom. The molecule has 2 aliphatic rings. The number of ether oxygens (including phenoxy) is 1. The molecular formula is C22H23ClN2O5. The van der Waals surface area contributed by atoms with Crippen LogP contribution in [0.3, 0.4) is 0 Å². The summed E-state index contributed by atoms with van der Waals surface area (Å²) in [7, 11) is 0. The molecule has 4 rings (SSSR count). The van der Waals surface area contributed by atoms with Crippen molar-refractivity contribution in [1.29, 1.82) is 0 Å². The molecule has 0 amide bonds. The van der Waals surface area contributed by atoms with E-state index in [-0.39, 0.29) is 17.2 Å². The van der Waals surface area contributed by atoms with E-state index in [1.165, 1.54) is 6.07 Å². The van der Waals surface area contributed by atoms with Gasteiger partial charge in [-0.25, -0.2) is 9.59 Å². The van der Waals surface area contributed by atoms with Gasteiger partial charge < -0.3 is 25.6 Å². The van der Waals surface area contributed by atoms with E-state index in [9.17, 15) is 14.7 Å². The van der Waals surface area contributed by atoms with Crippen LogP contribution >= 0.6 is 11.6 Å². The van der Waals surface area contributed by atoms with Crippen LogP contribution in [-0.4, -0.2) is 27.9 Å². The SMILES string of the molecule is CC1(C)CC(c2cccc(NC3(C(=O)O)CC3)c2)Nc2c(OC(=O)O)cc(Cl)cc21. The van der Waals surface area contributed by atoms with Crippen LogP contribution in [-0.2, 0) is 10.2 Å². The zero-order valence-corrected chi connectivity index (χ0v) is 17.4. The van der Waals surface area contributed by atoms with Gasteiger partial charge in [0, 0.05) is 16.8 Å². The molecule has 8 heteroatoms. The molecule has 1 saturated carbocycles. The number of aliphatic carboxylic acids is 1. The van der Waals surface area contributed by atoms with Gasteiger partial charge in [0.2, 0.25) is 0 Å². The predicted molar refractivity (Wildman–Crippen MR) is 114 cm³/mol. The van der Waals surface area contributed by atoms with Gasteiger partial charge in [-0.05, 0) is 54.0 Å². The largest absolute Gasteiger partial charge is 0.511 e. The highest BCUT2D eigenvalue weighted by molar-refractivity contribution is 6.31. The third kappa shape index (κ3) is 3.77. The third-order valence-corrected chi connectivity index (χ3v) is 6.08. The number of carboxylic acid groups (broad SMARTS) is 2. The van der Waals surface area contributed by atoms with Crippen molar-refractivity contribution in [2.75, 3.05) is 10.6 Å². The molecule has 30 heavy (non-hydrogen) atoms. The highest BCUT2D eigenvalue weighted by Crippen LogP contribution is 2.49. The molecule has 1 unspecified atom stereocenters. The molecule has 0 spiro atoms. The summed E-state index contributed by atoms with van der Waals surface area (Å²) in [5.74, 6) is -0.675. The fraction of sp³-hybridized carbons (Fsp3) is 0.364. The first kappa shape index (κ1) is 20.3. The van der Waals surface area contributed by atoms with Crippen molar-refractivity contribution in [3.63, 3.8) is 0 Å². The maximum Gasteiger partial charge on any atom is 0.511 e. The Balaban J connectivity index is 1.68. The number of anilines is 2. The lowest BCUT2D eigenvalue weighted by molar-refractivity contribution is -0.138. The van der Waals surface area contributed by atoms with Gasteiger partial charge in [0.1, 0.15) is 5.54 Å². The minimum Gasteiger partial charge on any atom is -0.480 e. The Morgan fingerprint density at radius 3 is 2.57 bits per heavy atom. The van der Waals surface area contributed by atoms with Crippen LogP contribution in [0.25, 0.3) is 0 Å². The Morgan fingerprint density at radius 1 is 1.20 bits per heavy atom. The van der Waals surface area contributed by atoms with Gasteiger partial charge in [0.15, 0.2) is 5.75 Å². The maximum absolute atomic E-state index is 11.5. The molecule has 0 radical (unpaired) electrons. The quantitative estimate of drug-likeness (QED) is 0.378. The van der Waals surface area contributed by atoms with E-state index in [2.05, 4.69) is 24.5 Å². The van der Waals surface area contributed by atoms with E-state index in [0.29, 0.717) is 23.6 Å². The number of hydrogen-bond donors (Lipinski definition) is 4. The summed E-state index contributed by atoms with van der Waals surface area (Å²) in [6.45, 7) is 4.15. The van der Waals surface area contributed by atoms with Crippen molar-refractivity contribution < 1.29 is 24.5 Å². The summed E-state index contributed by atoms with van der Waals surface area (Å²) < 4.78 is 4.99. The molecule has 0 aromatic heterocycles. The van der Waals surface area contributed by atoms with E-state index in [4.69, 9.17) is 21.4 Å². The molecule has 0 bridgehead atoms. The average Bonchev–Trinajstić information content (AvgIpc) is 3.43. The molecular weight excluding hydrogens is 408 g/mol. The Labute approximate surface area is 179 Å². The van der Waals surface area contributed by atoms with Gasteiger partial charge in [-0.2, -0.15) is 0 Å². The zero-order chi connectivity index (χ0) is 21.7. The molecule has 7 nitrogen and oxygen atoms in total. The lowest BCUT2D eigenvalue weighted by atomic mass is 9.74. The van der Waals surface area contributed by atoms with Gasteiger partial charge in [0.25, 0.3) is 0 Å². The second-order valence-corrected chi connectivity index (χ2v) is 9.05. The molecule has 1 atom stereocenters. The van der Waals surface area contributed by atoms with E-state index in [1.54, 1.807) is 0 Å². The van der Waals surface area contributed by atoms with E-state index in [0.717, 1.165) is 23.2 Å². The topological polar surface area (TPSA) is 108 Å². The predicted octanol–water partition coefficient (Wildman–Crippen LogP) is 5.26. The van der Waals surface area contributed by atoms with Crippen molar-refractivity contribution in [2.24, 2.45) is 0 Å². The summed E-state index contributed by atoms with van der Waals surface area (Å²) in [6.07, 6.45) is 0.535. The van der Waals surface area contributed by atoms with Crippen LogP contribution in [0.5, 0.6) is 5.75 Å². The highest BCUT2D eigenvalue weighted by atomic mass is 35.5. The second kappa shape index (κ2) is 7.09. The van der Waals surface area contributed by atoms with E-state index < -0.39 is 17.7 Å². The fourth-order valence-corrected chi connectivity index (χ4v) is 4.32. The van der Waals surface area contributed by atoms with Crippen LogP contribution in [0.4, 0.5) is 16.2 Å². The van der Waals surface area contributed by atoms with Gasteiger partial charge in [-0.1, -0.05) is 37.6 Å². The van der Waals surface area contributed by atoms with Crippen molar-refractivity contribution in [3.8, 4) is 5.75 Å². The summed E-state index contributed by atoms with van der Waals surface area (Å²) >= 11 is 6.20. The summed E-state index contributed by atoms with van der Waals surface area (Å²) in [4.78, 5) is 22.7. The number of benzene rings is 2. The average molecular weight is 431 g/mol. The molecule has 1 fully saturated rings. The fourth-order valence-electron chi connectivity index (χ4n) is 4.11. The van der Waals surface area contributed by atoms with Gasteiger partial charge in [-0.15, -0.1) is 0 Å². The first-order chi connectivity index (χ1) is 14.1. The molecule has 2 aromatic carbocycles. The molecule has 1 aliphatic carbocycles. The normalized spacial score (nSPS) is 20.4. The first-order valence-electron chi connectivity index (χ1n) is 9.73. The number of nitrogens with one attached hydrogen (secondary N) is 2. The minimum atomic E-state index is -1.41. The Kier molecular flexibility index (Phi) is 4.81. The smallest absolute Gasteiger partial charge is 0.480 e. The van der Waals surface area contributed by atoms with Crippen LogP contribution in [0.2, 0.25) is 5.02 Å². The highest BCUT2D eigenvalue weighted by Gasteiger charge is 2.50. The third-order valence-electron chi connectivity index (χ3n) is 5.86. The summed E-state index contributed by atoms with van der Waals surface area (Å²) in [6, 6.07) is 10.8. The lowest BCUT2D eigenvalue weighted by Gasteiger charge is -2.39. The first-order valence-corrected chi connectivity index (χ1v) is 10.1. The number of rotatable bonds is 5. The number of hydrogen-bond acceptors (Lipinski definition) is 5. The Hall–Kier alpha value is -2.93. The second-order valence-electron chi connectivity index (χ2n) is 8.62. The number of carboxylic acids is 1. The maximum atomic E-state index is 11.5. The van der Waals surface area contributed by atoms with Gasteiger partial charge in [0.05, 0.1) is 11.7 Å². The van der Waals surface area contributed by atoms with Crippen LogP contribution in [0, 0.1) is 0 Å². The molecule has 1 aliphatic heterocycles. The molecule has 4 N–H and O–H groups in total. The number of fused-ring (bicyclic) bond motifs is 1. The zero-order valence-electron chi connectivity index (χ0n) is 16.7. The van der Waals surface area contributed by atoms with Crippen molar-refractivity contribution >= 4 is 35.1 Å². The van der Waals surface area contributed by atoms with Gasteiger partial charge >= 0.3 is 12.1 Å². The summed E-state index contributed by atoms with van der Waals surface area (Å²) in [5, 5.41) is 25.5. The van der Waals surface area contributed by atoms with Crippen molar-refractivity contribution in [1.82, 2.24) is 0 Å². The van der Waals surface area contributed by atoms with Crippen LogP contribution < -0.4 is 15.4 Å². The number of carbonyl (C=O) groups is 2. The lowest BCUT2D eigenvalue weighted by Crippen LogP contribution is -2.32. The van der Waals surface area contributed by atoms with Crippen LogP contribution in [0.1, 0.15) is 50.3 Å². The Bertz CT molecular complexity index is 1030. The molecule has 1 heterocycles. The summed E-state index contributed by atoms with van der Waals surface area (Å²) in [5.41, 5.74) is 2.04. The molecule has 2 aromatic rings. The minimum absolute atomic E-state index is 0.119. The van der Waals surface area contributed by atoms with E-state index in [1.807, 2.05) is 30.3 Å². The van der Waals surface area contributed by atoms with Crippen LogP contribution in [0.15, 0.2) is 36.4 Å². The molecule has 158 valence electrons. The van der Waals surface area contributed by atoms with Crippen molar-refractivity contribution in [2.45, 2.75) is 50.1 Å². The van der Waals surface area contributed by atoms with Crippen molar-refractivity contribution in [3.05, 3.63) is 52.5 Å².